The van der Waals surface area contributed by atoms with Gasteiger partial charge in [0.1, 0.15) is 34.4 Å². The van der Waals surface area contributed by atoms with Crippen LogP contribution in [0.5, 0.6) is 6.01 Å². The SMILES string of the molecule is CCN(c1nc(OC)nc2c(F)c(-c3ccc(F)c4sc(N)c(C#N)c34)c(C(F)(F)F)cc12)C1CC(C)N(C(=O)N(C)C)C1.FC1CC2CCCN2C1. The average molecular weight is 763 g/mol. The zero-order valence-corrected chi connectivity index (χ0v) is 30.7. The zero-order chi connectivity index (χ0) is 38.5. The lowest BCUT2D eigenvalue weighted by Gasteiger charge is -2.31. The fourth-order valence-electron chi connectivity index (χ4n) is 7.86. The number of amides is 2. The maximum atomic E-state index is 16.6. The van der Waals surface area contributed by atoms with Crippen molar-refractivity contribution >= 4 is 49.2 Å². The number of hydrogen-bond donors (Lipinski definition) is 1. The van der Waals surface area contributed by atoms with Crippen LogP contribution < -0.4 is 15.4 Å². The van der Waals surface area contributed by atoms with Crippen LogP contribution in [0.1, 0.15) is 50.7 Å². The third-order valence-corrected chi connectivity index (χ3v) is 11.3. The van der Waals surface area contributed by atoms with Gasteiger partial charge >= 0.3 is 18.2 Å². The van der Waals surface area contributed by atoms with E-state index >= 15 is 4.39 Å². The van der Waals surface area contributed by atoms with Crippen molar-refractivity contribution in [2.24, 2.45) is 0 Å². The van der Waals surface area contributed by atoms with Crippen molar-refractivity contribution in [3.05, 3.63) is 41.0 Å². The Bertz CT molecular complexity index is 2070. The molecule has 2 amide bonds. The first-order valence-corrected chi connectivity index (χ1v) is 18.1. The number of benzene rings is 2. The largest absolute Gasteiger partial charge is 0.467 e. The number of anilines is 2. The number of hydrogen-bond acceptors (Lipinski definition) is 9. The van der Waals surface area contributed by atoms with Gasteiger partial charge in [-0.25, -0.2) is 18.0 Å². The van der Waals surface area contributed by atoms with Gasteiger partial charge in [0.25, 0.3) is 0 Å². The van der Waals surface area contributed by atoms with E-state index < -0.39 is 40.6 Å². The smallest absolute Gasteiger partial charge is 0.417 e. The number of likely N-dealkylation sites (tertiary alicyclic amines) is 1. The molecular formula is C36H40F6N8O2S. The fraction of sp³-hybridized carbons (Fsp3) is 0.500. The predicted molar refractivity (Wildman–Crippen MR) is 192 cm³/mol. The zero-order valence-electron chi connectivity index (χ0n) is 29.9. The van der Waals surface area contributed by atoms with Crippen LogP contribution in [0.4, 0.5) is 42.0 Å². The Morgan fingerprint density at radius 3 is 2.55 bits per heavy atom. The summed E-state index contributed by atoms with van der Waals surface area (Å²) in [5.74, 6) is -2.16. The van der Waals surface area contributed by atoms with Gasteiger partial charge in [0, 0.05) is 62.1 Å². The maximum absolute atomic E-state index is 16.6. The summed E-state index contributed by atoms with van der Waals surface area (Å²) in [6.07, 6.45) is -1.78. The molecule has 4 unspecified atom stereocenters. The van der Waals surface area contributed by atoms with E-state index in [1.54, 1.807) is 36.9 Å². The van der Waals surface area contributed by atoms with Gasteiger partial charge in [-0.05, 0) is 63.8 Å². The molecule has 4 atom stereocenters. The Hall–Kier alpha value is -4.56. The van der Waals surface area contributed by atoms with Crippen molar-refractivity contribution in [2.75, 3.05) is 58.0 Å². The summed E-state index contributed by atoms with van der Waals surface area (Å²) in [6, 6.07) is 4.05. The molecule has 3 saturated heterocycles. The second-order valence-electron chi connectivity index (χ2n) is 13.8. The van der Waals surface area contributed by atoms with Crippen LogP contribution in [0.3, 0.4) is 0 Å². The molecule has 0 radical (unpaired) electrons. The highest BCUT2D eigenvalue weighted by atomic mass is 32.1. The van der Waals surface area contributed by atoms with Crippen molar-refractivity contribution in [2.45, 2.75) is 70.0 Å². The van der Waals surface area contributed by atoms with E-state index in [9.17, 15) is 32.0 Å². The maximum Gasteiger partial charge on any atom is 0.417 e. The molecule has 2 N–H and O–H groups in total. The molecule has 0 saturated carbocycles. The van der Waals surface area contributed by atoms with E-state index in [1.807, 2.05) is 6.92 Å². The third-order valence-electron chi connectivity index (χ3n) is 10.3. The summed E-state index contributed by atoms with van der Waals surface area (Å²) in [5.41, 5.74) is 2.56. The van der Waals surface area contributed by atoms with Crippen LogP contribution in [-0.2, 0) is 6.18 Å². The number of carbonyl (C=O) groups excluding carboxylic acids is 1. The lowest BCUT2D eigenvalue weighted by atomic mass is 9.92. The summed E-state index contributed by atoms with van der Waals surface area (Å²) < 4.78 is 93.4. The van der Waals surface area contributed by atoms with Gasteiger partial charge in [-0.3, -0.25) is 4.90 Å². The van der Waals surface area contributed by atoms with Gasteiger partial charge < -0.3 is 25.2 Å². The van der Waals surface area contributed by atoms with Gasteiger partial charge in [0.2, 0.25) is 0 Å². The second kappa shape index (κ2) is 14.7. The Morgan fingerprint density at radius 1 is 1.19 bits per heavy atom. The number of halogens is 6. The molecule has 3 fully saturated rings. The van der Waals surface area contributed by atoms with Gasteiger partial charge in [0.15, 0.2) is 5.82 Å². The summed E-state index contributed by atoms with van der Waals surface area (Å²) in [5, 5.41) is 9.15. The van der Waals surface area contributed by atoms with E-state index in [0.717, 1.165) is 31.2 Å². The Balaban J connectivity index is 0.000000461. The van der Waals surface area contributed by atoms with E-state index in [4.69, 9.17) is 10.5 Å². The van der Waals surface area contributed by atoms with Gasteiger partial charge in [-0.15, -0.1) is 11.3 Å². The van der Waals surface area contributed by atoms with Crippen LogP contribution in [0.2, 0.25) is 0 Å². The Kier molecular flexibility index (Phi) is 10.6. The second-order valence-corrected chi connectivity index (χ2v) is 14.8. The number of thiophene rings is 1. The molecule has 2 aromatic heterocycles. The number of nitrogens with two attached hydrogens (primary N) is 1. The number of alkyl halides is 4. The number of nitrogens with zero attached hydrogens (tertiary/aromatic N) is 7. The van der Waals surface area contributed by atoms with Gasteiger partial charge in [-0.1, -0.05) is 6.07 Å². The van der Waals surface area contributed by atoms with Crippen LogP contribution in [-0.4, -0.2) is 102 Å². The number of rotatable bonds is 5. The molecule has 3 aliphatic rings. The van der Waals surface area contributed by atoms with Gasteiger partial charge in [-0.2, -0.15) is 28.4 Å². The number of nitriles is 1. The monoisotopic (exact) mass is 762 g/mol. The molecule has 0 bridgehead atoms. The normalized spacial score (nSPS) is 21.4. The minimum atomic E-state index is -5.08. The molecule has 17 heteroatoms. The first kappa shape index (κ1) is 38.2. The van der Waals surface area contributed by atoms with Crippen molar-refractivity contribution in [1.82, 2.24) is 24.7 Å². The molecule has 53 heavy (non-hydrogen) atoms. The quantitative estimate of drug-likeness (QED) is 0.209. The first-order valence-electron chi connectivity index (χ1n) is 17.3. The molecule has 4 aromatic rings. The van der Waals surface area contributed by atoms with Crippen LogP contribution in [0.25, 0.3) is 32.1 Å². The molecule has 10 nitrogen and oxygen atoms in total. The Labute approximate surface area is 306 Å². The highest BCUT2D eigenvalue weighted by Crippen LogP contribution is 2.48. The first-order chi connectivity index (χ1) is 25.1. The average Bonchev–Trinajstić information content (AvgIpc) is 3.88. The molecule has 3 aliphatic heterocycles. The summed E-state index contributed by atoms with van der Waals surface area (Å²) in [4.78, 5) is 28.3. The summed E-state index contributed by atoms with van der Waals surface area (Å²) in [7, 11) is 4.50. The molecule has 284 valence electrons. The fourth-order valence-corrected chi connectivity index (χ4v) is 8.81. The predicted octanol–water partition coefficient (Wildman–Crippen LogP) is 7.43. The van der Waals surface area contributed by atoms with Crippen LogP contribution in [0, 0.1) is 23.0 Å². The third kappa shape index (κ3) is 6.98. The van der Waals surface area contributed by atoms with Crippen LogP contribution >= 0.6 is 11.3 Å². The topological polar surface area (TPSA) is 115 Å². The molecule has 2 aromatic carbocycles. The van der Waals surface area contributed by atoms with E-state index in [1.165, 1.54) is 24.9 Å². The van der Waals surface area contributed by atoms with E-state index in [2.05, 4.69) is 14.9 Å². The molecule has 0 spiro atoms. The number of aromatic nitrogens is 2. The van der Waals surface area contributed by atoms with Crippen LogP contribution in [0.15, 0.2) is 18.2 Å². The highest BCUT2D eigenvalue weighted by Gasteiger charge is 2.41. The standard InChI is InChI=1S/C29H28F5N7O2S.C7H12FN/c1-6-40(14-9-13(2)41(12-14)28(42)39(3)4)26-16-10-18(29(32,33)34)21(22(31)23(16)37-27(38-26)43-5)15-7-8-19(30)24-20(15)17(11-35)25(36)44-24;8-6-4-7-2-1-3-9(7)5-6/h7-8,10,13-14H,6,9,12,36H2,1-5H3;6-7H,1-5H2. The molecule has 5 heterocycles. The van der Waals surface area contributed by atoms with Gasteiger partial charge in [0.05, 0.1) is 29.0 Å². The van der Waals surface area contributed by atoms with E-state index in [-0.39, 0.29) is 74.6 Å². The van der Waals surface area contributed by atoms with Crippen molar-refractivity contribution in [3.63, 3.8) is 0 Å². The lowest BCUT2D eigenvalue weighted by Crippen LogP contribution is -2.43. The molecular weight excluding hydrogens is 723 g/mol. The summed E-state index contributed by atoms with van der Waals surface area (Å²) >= 11 is 0.688. The van der Waals surface area contributed by atoms with Crippen molar-refractivity contribution in [1.29, 1.82) is 5.26 Å². The minimum Gasteiger partial charge on any atom is -0.467 e. The number of nitrogen functional groups attached to an aromatic ring is 1. The van der Waals surface area contributed by atoms with Crippen molar-refractivity contribution in [3.8, 4) is 23.2 Å². The Morgan fingerprint density at radius 2 is 1.92 bits per heavy atom. The number of fused-ring (bicyclic) bond motifs is 3. The number of carbonyl (C=O) groups is 1. The number of likely N-dealkylation sites (N-methyl/N-ethyl adjacent to an activating group) is 1. The molecule has 0 aliphatic carbocycles. The number of urea groups is 1. The molecule has 7 rings (SSSR count). The highest BCUT2D eigenvalue weighted by molar-refractivity contribution is 7.23. The summed E-state index contributed by atoms with van der Waals surface area (Å²) in [6.45, 7) is 6.03. The van der Waals surface area contributed by atoms with E-state index in [0.29, 0.717) is 30.3 Å². The number of methoxy groups -OCH3 is 1. The number of ether oxygens (including phenoxy) is 1. The van der Waals surface area contributed by atoms with Crippen molar-refractivity contribution < 1.29 is 35.9 Å². The minimum absolute atomic E-state index is 0.00315. The lowest BCUT2D eigenvalue weighted by molar-refractivity contribution is -0.137.